The summed E-state index contributed by atoms with van der Waals surface area (Å²) in [5.41, 5.74) is 1.87. The van der Waals surface area contributed by atoms with Crippen LogP contribution in [0.15, 0.2) is 66.9 Å². The van der Waals surface area contributed by atoms with Crippen molar-refractivity contribution in [1.29, 1.82) is 0 Å². The van der Waals surface area contributed by atoms with Gasteiger partial charge in [-0.15, -0.1) is 5.10 Å². The lowest BCUT2D eigenvalue weighted by Gasteiger charge is -2.04. The summed E-state index contributed by atoms with van der Waals surface area (Å²) in [5, 5.41) is 19.7. The van der Waals surface area contributed by atoms with Gasteiger partial charge in [0.05, 0.1) is 18.9 Å². The summed E-state index contributed by atoms with van der Waals surface area (Å²) >= 11 is 0. The Kier molecular flexibility index (Phi) is 5.23. The van der Waals surface area contributed by atoms with E-state index in [0.29, 0.717) is 11.6 Å². The molecule has 0 saturated heterocycles. The van der Waals surface area contributed by atoms with E-state index in [1.165, 1.54) is 0 Å². The zero-order valence-electron chi connectivity index (χ0n) is 11.5. The predicted octanol–water partition coefficient (Wildman–Crippen LogP) is 2.94. The molecule has 5 nitrogen and oxygen atoms in total. The van der Waals surface area contributed by atoms with Crippen LogP contribution in [0.2, 0.25) is 0 Å². The highest BCUT2D eigenvalue weighted by atomic mass is 16.5. The van der Waals surface area contributed by atoms with Crippen LogP contribution in [0.1, 0.15) is 0 Å². The Balaban J connectivity index is 0.000000194. The Morgan fingerprint density at radius 3 is 2.05 bits per heavy atom. The van der Waals surface area contributed by atoms with Crippen LogP contribution in [-0.2, 0) is 0 Å². The molecule has 2 aromatic carbocycles. The highest BCUT2D eigenvalue weighted by molar-refractivity contribution is 5.66. The largest absolute Gasteiger partial charge is 0.508 e. The summed E-state index contributed by atoms with van der Waals surface area (Å²) in [6.45, 7) is 0. The number of phenolic OH excluding ortho intramolecular Hbond substituents is 1. The maximum Gasteiger partial charge on any atom is 0.244 e. The van der Waals surface area contributed by atoms with E-state index in [9.17, 15) is 0 Å². The molecule has 0 radical (unpaired) electrons. The summed E-state index contributed by atoms with van der Waals surface area (Å²) in [5.74, 6) is 0.814. The molecule has 0 bridgehead atoms. The minimum absolute atomic E-state index is 0.322. The van der Waals surface area contributed by atoms with Crippen molar-refractivity contribution < 1.29 is 9.84 Å². The maximum atomic E-state index is 8.63. The minimum atomic E-state index is 0.322. The number of para-hydroxylation sites is 1. The standard InChI is InChI=1S/C10H9N3O.C6H6O/c1-14-10-9(7-11-13-12-10)8-5-3-2-4-6-8;7-6-4-2-1-3-5-6/h2-7H,1H3;1-5,7H. The number of phenols is 1. The second kappa shape index (κ2) is 7.59. The predicted molar refractivity (Wildman–Crippen MR) is 79.9 cm³/mol. The molecule has 0 aliphatic carbocycles. The van der Waals surface area contributed by atoms with Crippen LogP contribution in [0, 0.1) is 0 Å². The first-order chi connectivity index (χ1) is 10.3. The number of hydrogen-bond donors (Lipinski definition) is 1. The first-order valence-corrected chi connectivity index (χ1v) is 6.33. The minimum Gasteiger partial charge on any atom is -0.508 e. The van der Waals surface area contributed by atoms with Crippen molar-refractivity contribution in [3.63, 3.8) is 0 Å². The Morgan fingerprint density at radius 1 is 0.905 bits per heavy atom. The van der Waals surface area contributed by atoms with Gasteiger partial charge in [0.25, 0.3) is 0 Å². The quantitative estimate of drug-likeness (QED) is 0.782. The molecule has 0 saturated carbocycles. The molecule has 1 heterocycles. The zero-order valence-corrected chi connectivity index (χ0v) is 11.5. The van der Waals surface area contributed by atoms with Crippen molar-refractivity contribution in [2.45, 2.75) is 0 Å². The normalized spacial score (nSPS) is 9.38. The smallest absolute Gasteiger partial charge is 0.244 e. The van der Waals surface area contributed by atoms with Gasteiger partial charge in [0, 0.05) is 0 Å². The molecule has 0 atom stereocenters. The topological polar surface area (TPSA) is 68.1 Å². The monoisotopic (exact) mass is 281 g/mol. The number of aromatic hydroxyl groups is 1. The van der Waals surface area contributed by atoms with E-state index in [1.807, 2.05) is 36.4 Å². The number of rotatable bonds is 2. The summed E-state index contributed by atoms with van der Waals surface area (Å²) in [6.07, 6.45) is 1.64. The summed E-state index contributed by atoms with van der Waals surface area (Å²) in [4.78, 5) is 0. The molecule has 3 aromatic rings. The fourth-order valence-corrected chi connectivity index (χ4v) is 1.65. The number of hydrogen-bond acceptors (Lipinski definition) is 5. The van der Waals surface area contributed by atoms with Gasteiger partial charge in [-0.05, 0) is 22.9 Å². The summed E-state index contributed by atoms with van der Waals surface area (Å²) in [7, 11) is 1.57. The molecule has 106 valence electrons. The molecular weight excluding hydrogens is 266 g/mol. The average Bonchev–Trinajstić information content (AvgIpc) is 2.57. The van der Waals surface area contributed by atoms with Gasteiger partial charge in [0.15, 0.2) is 0 Å². The number of aromatic nitrogens is 3. The van der Waals surface area contributed by atoms with Gasteiger partial charge in [-0.3, -0.25) is 0 Å². The van der Waals surface area contributed by atoms with Gasteiger partial charge in [-0.2, -0.15) is 0 Å². The zero-order chi connectivity index (χ0) is 14.9. The molecule has 0 aliphatic heterocycles. The van der Waals surface area contributed by atoms with Crippen LogP contribution in [0.5, 0.6) is 11.6 Å². The lowest BCUT2D eigenvalue weighted by molar-refractivity contribution is 0.390. The first-order valence-electron chi connectivity index (χ1n) is 6.33. The highest BCUT2D eigenvalue weighted by Gasteiger charge is 2.06. The van der Waals surface area contributed by atoms with Crippen molar-refractivity contribution in [3.8, 4) is 22.8 Å². The third-order valence-corrected chi connectivity index (χ3v) is 2.64. The second-order valence-electron chi connectivity index (χ2n) is 4.06. The van der Waals surface area contributed by atoms with Crippen LogP contribution in [0.3, 0.4) is 0 Å². The van der Waals surface area contributed by atoms with Gasteiger partial charge in [0.2, 0.25) is 5.88 Å². The molecule has 0 unspecified atom stereocenters. The molecular formula is C16H15N3O2. The van der Waals surface area contributed by atoms with Gasteiger partial charge in [0.1, 0.15) is 5.75 Å². The Hall–Kier alpha value is -2.95. The van der Waals surface area contributed by atoms with Crippen LogP contribution in [0.4, 0.5) is 0 Å². The molecule has 1 N–H and O–H groups in total. The van der Waals surface area contributed by atoms with Crippen molar-refractivity contribution in [1.82, 2.24) is 15.4 Å². The number of ether oxygens (including phenoxy) is 1. The van der Waals surface area contributed by atoms with Crippen molar-refractivity contribution >= 4 is 0 Å². The third kappa shape index (κ3) is 4.28. The van der Waals surface area contributed by atoms with Crippen molar-refractivity contribution in [2.75, 3.05) is 7.11 Å². The van der Waals surface area contributed by atoms with E-state index in [0.717, 1.165) is 11.1 Å². The molecule has 5 heteroatoms. The first kappa shape index (κ1) is 14.5. The molecule has 0 amide bonds. The lowest BCUT2D eigenvalue weighted by Crippen LogP contribution is -1.95. The fraction of sp³-hybridized carbons (Fsp3) is 0.0625. The Labute approximate surface area is 122 Å². The fourth-order valence-electron chi connectivity index (χ4n) is 1.65. The van der Waals surface area contributed by atoms with Gasteiger partial charge < -0.3 is 9.84 Å². The summed E-state index contributed by atoms with van der Waals surface area (Å²) in [6, 6.07) is 18.5. The number of benzene rings is 2. The van der Waals surface area contributed by atoms with Gasteiger partial charge >= 0.3 is 0 Å². The van der Waals surface area contributed by atoms with E-state index in [4.69, 9.17) is 9.84 Å². The third-order valence-electron chi connectivity index (χ3n) is 2.64. The van der Waals surface area contributed by atoms with E-state index in [2.05, 4.69) is 15.4 Å². The number of methoxy groups -OCH3 is 1. The van der Waals surface area contributed by atoms with Crippen LogP contribution >= 0.6 is 0 Å². The lowest BCUT2D eigenvalue weighted by atomic mass is 10.1. The second-order valence-corrected chi connectivity index (χ2v) is 4.06. The Morgan fingerprint density at radius 2 is 1.52 bits per heavy atom. The summed E-state index contributed by atoms with van der Waals surface area (Å²) < 4.78 is 5.09. The van der Waals surface area contributed by atoms with E-state index < -0.39 is 0 Å². The van der Waals surface area contributed by atoms with E-state index >= 15 is 0 Å². The van der Waals surface area contributed by atoms with Crippen molar-refractivity contribution in [2.24, 2.45) is 0 Å². The highest BCUT2D eigenvalue weighted by Crippen LogP contribution is 2.25. The van der Waals surface area contributed by atoms with E-state index in [-0.39, 0.29) is 0 Å². The van der Waals surface area contributed by atoms with Crippen LogP contribution in [0.25, 0.3) is 11.1 Å². The molecule has 0 spiro atoms. The van der Waals surface area contributed by atoms with Crippen molar-refractivity contribution in [3.05, 3.63) is 66.9 Å². The molecule has 0 fully saturated rings. The molecule has 0 aliphatic rings. The van der Waals surface area contributed by atoms with Gasteiger partial charge in [-0.25, -0.2) is 0 Å². The number of nitrogens with zero attached hydrogens (tertiary/aromatic N) is 3. The molecule has 21 heavy (non-hydrogen) atoms. The molecule has 3 rings (SSSR count). The van der Waals surface area contributed by atoms with Gasteiger partial charge in [-0.1, -0.05) is 53.6 Å². The average molecular weight is 281 g/mol. The van der Waals surface area contributed by atoms with E-state index in [1.54, 1.807) is 37.6 Å². The maximum absolute atomic E-state index is 8.63. The SMILES string of the molecule is COc1nnncc1-c1ccccc1.Oc1ccccc1. The van der Waals surface area contributed by atoms with Crippen LogP contribution in [-0.4, -0.2) is 27.6 Å². The van der Waals surface area contributed by atoms with Crippen LogP contribution < -0.4 is 4.74 Å². The Bertz CT molecular complexity index is 661. The molecule has 1 aromatic heterocycles.